The fourth-order valence-electron chi connectivity index (χ4n) is 1.24. The van der Waals surface area contributed by atoms with Gasteiger partial charge in [-0.15, -0.1) is 0 Å². The molecule has 0 amide bonds. The van der Waals surface area contributed by atoms with Gasteiger partial charge in [0.25, 0.3) is 0 Å². The lowest BCUT2D eigenvalue weighted by Crippen LogP contribution is -2.05. The highest BCUT2D eigenvalue weighted by Gasteiger charge is 2.15. The lowest BCUT2D eigenvalue weighted by molar-refractivity contribution is 0.0992. The van der Waals surface area contributed by atoms with E-state index in [4.69, 9.17) is 10.00 Å². The fraction of sp³-hybridized carbons (Fsp3) is 0.364. The summed E-state index contributed by atoms with van der Waals surface area (Å²) in [4.78, 5) is 0. The second kappa shape index (κ2) is 4.73. The minimum atomic E-state index is -0.806. The highest BCUT2D eigenvalue weighted by Crippen LogP contribution is 2.21. The maximum absolute atomic E-state index is 13.5. The average Bonchev–Trinajstić information content (AvgIpc) is 2.19. The minimum absolute atomic E-state index is 0.314. The summed E-state index contributed by atoms with van der Waals surface area (Å²) in [6, 6.07) is 6.89. The lowest BCUT2D eigenvalue weighted by atomic mass is 10.1. The summed E-state index contributed by atoms with van der Waals surface area (Å²) in [5, 5.41) is 8.78. The van der Waals surface area contributed by atoms with Gasteiger partial charge in [0, 0.05) is 12.2 Å². The molecule has 0 aliphatic rings. The number of hydrogen-bond donors (Lipinski definition) is 0. The van der Waals surface area contributed by atoms with E-state index in [1.165, 1.54) is 0 Å². The standard InChI is InChI=1S/C11H12FNO/c1-3-14-10(7-13)9-6-4-5-8(2)11(9)12/h4-6,10H,3H2,1-2H3. The summed E-state index contributed by atoms with van der Waals surface area (Å²) in [7, 11) is 0. The molecule has 0 N–H and O–H groups in total. The van der Waals surface area contributed by atoms with Crippen molar-refractivity contribution in [3.8, 4) is 6.07 Å². The summed E-state index contributed by atoms with van der Waals surface area (Å²) >= 11 is 0. The molecule has 0 radical (unpaired) electrons. The van der Waals surface area contributed by atoms with Gasteiger partial charge >= 0.3 is 0 Å². The van der Waals surface area contributed by atoms with Gasteiger partial charge in [-0.1, -0.05) is 18.2 Å². The summed E-state index contributed by atoms with van der Waals surface area (Å²) in [5.41, 5.74) is 0.844. The van der Waals surface area contributed by atoms with Gasteiger partial charge in [0.1, 0.15) is 5.82 Å². The van der Waals surface area contributed by atoms with E-state index < -0.39 is 6.10 Å². The molecule has 1 rings (SSSR count). The van der Waals surface area contributed by atoms with Crippen LogP contribution in [-0.2, 0) is 4.74 Å². The van der Waals surface area contributed by atoms with Crippen molar-refractivity contribution >= 4 is 0 Å². The molecule has 1 atom stereocenters. The van der Waals surface area contributed by atoms with Gasteiger partial charge in [-0.25, -0.2) is 4.39 Å². The number of benzene rings is 1. The number of nitriles is 1. The molecule has 1 aromatic rings. The van der Waals surface area contributed by atoms with Crippen molar-refractivity contribution in [1.82, 2.24) is 0 Å². The lowest BCUT2D eigenvalue weighted by Gasteiger charge is -2.11. The van der Waals surface area contributed by atoms with Crippen LogP contribution in [0, 0.1) is 24.1 Å². The molecule has 0 saturated carbocycles. The largest absolute Gasteiger partial charge is 0.359 e. The quantitative estimate of drug-likeness (QED) is 0.739. The smallest absolute Gasteiger partial charge is 0.171 e. The van der Waals surface area contributed by atoms with Gasteiger partial charge in [-0.3, -0.25) is 0 Å². The Hall–Kier alpha value is -1.40. The number of halogens is 1. The fourth-order valence-corrected chi connectivity index (χ4v) is 1.24. The monoisotopic (exact) mass is 193 g/mol. The van der Waals surface area contributed by atoms with Crippen LogP contribution in [0.25, 0.3) is 0 Å². The molecule has 1 aromatic carbocycles. The Balaban J connectivity index is 3.05. The van der Waals surface area contributed by atoms with E-state index in [2.05, 4.69) is 0 Å². The van der Waals surface area contributed by atoms with Crippen LogP contribution in [0.4, 0.5) is 4.39 Å². The molecule has 0 aliphatic carbocycles. The molecular formula is C11H12FNO. The highest BCUT2D eigenvalue weighted by molar-refractivity contribution is 5.29. The zero-order valence-corrected chi connectivity index (χ0v) is 8.25. The van der Waals surface area contributed by atoms with Crippen LogP contribution in [0.1, 0.15) is 24.2 Å². The third kappa shape index (κ3) is 2.09. The minimum Gasteiger partial charge on any atom is -0.359 e. The molecule has 14 heavy (non-hydrogen) atoms. The molecule has 0 aromatic heterocycles. The van der Waals surface area contributed by atoms with Crippen LogP contribution in [-0.4, -0.2) is 6.61 Å². The Morgan fingerprint density at radius 1 is 1.57 bits per heavy atom. The molecule has 0 heterocycles. The Morgan fingerprint density at radius 2 is 2.29 bits per heavy atom. The first kappa shape index (κ1) is 10.7. The molecular weight excluding hydrogens is 181 g/mol. The molecule has 0 spiro atoms. The third-order valence-corrected chi connectivity index (χ3v) is 1.95. The van der Waals surface area contributed by atoms with Crippen molar-refractivity contribution in [2.45, 2.75) is 20.0 Å². The van der Waals surface area contributed by atoms with Gasteiger partial charge in [0.2, 0.25) is 0 Å². The highest BCUT2D eigenvalue weighted by atomic mass is 19.1. The Morgan fingerprint density at radius 3 is 2.86 bits per heavy atom. The summed E-state index contributed by atoms with van der Waals surface area (Å²) < 4.78 is 18.6. The zero-order valence-electron chi connectivity index (χ0n) is 8.25. The molecule has 0 bridgehead atoms. The van der Waals surface area contributed by atoms with Gasteiger partial charge in [-0.2, -0.15) is 5.26 Å². The van der Waals surface area contributed by atoms with Crippen LogP contribution in [0.2, 0.25) is 0 Å². The van der Waals surface area contributed by atoms with Crippen molar-refractivity contribution in [1.29, 1.82) is 5.26 Å². The van der Waals surface area contributed by atoms with Crippen molar-refractivity contribution in [3.63, 3.8) is 0 Å². The second-order valence-electron chi connectivity index (χ2n) is 2.94. The maximum atomic E-state index is 13.5. The molecule has 74 valence electrons. The normalized spacial score (nSPS) is 12.1. The predicted octanol–water partition coefficient (Wildman–Crippen LogP) is 2.74. The van der Waals surface area contributed by atoms with E-state index in [0.717, 1.165) is 0 Å². The van der Waals surface area contributed by atoms with Crippen molar-refractivity contribution < 1.29 is 9.13 Å². The number of hydrogen-bond acceptors (Lipinski definition) is 2. The second-order valence-corrected chi connectivity index (χ2v) is 2.94. The molecule has 3 heteroatoms. The van der Waals surface area contributed by atoms with Crippen LogP contribution >= 0.6 is 0 Å². The summed E-state index contributed by atoms with van der Waals surface area (Å²) in [6.07, 6.45) is -0.806. The van der Waals surface area contributed by atoms with Gasteiger partial charge < -0.3 is 4.74 Å². The van der Waals surface area contributed by atoms with Gasteiger partial charge in [0.15, 0.2) is 6.10 Å². The van der Waals surface area contributed by atoms with E-state index in [9.17, 15) is 4.39 Å². The number of aryl methyl sites for hydroxylation is 1. The third-order valence-electron chi connectivity index (χ3n) is 1.95. The molecule has 0 fully saturated rings. The van der Waals surface area contributed by atoms with Crippen molar-refractivity contribution in [2.75, 3.05) is 6.61 Å². The van der Waals surface area contributed by atoms with E-state index in [1.54, 1.807) is 32.0 Å². The first-order valence-corrected chi connectivity index (χ1v) is 4.47. The number of ether oxygens (including phenoxy) is 1. The van der Waals surface area contributed by atoms with Crippen LogP contribution < -0.4 is 0 Å². The van der Waals surface area contributed by atoms with Crippen LogP contribution in [0.3, 0.4) is 0 Å². The van der Waals surface area contributed by atoms with Crippen molar-refractivity contribution in [2.24, 2.45) is 0 Å². The average molecular weight is 193 g/mol. The molecule has 0 saturated heterocycles. The first-order chi connectivity index (χ1) is 6.70. The van der Waals surface area contributed by atoms with Gasteiger partial charge in [0.05, 0.1) is 6.07 Å². The Bertz CT molecular complexity index is 357. The van der Waals surface area contributed by atoms with Crippen molar-refractivity contribution in [3.05, 3.63) is 35.1 Å². The number of rotatable bonds is 3. The summed E-state index contributed by atoms with van der Waals surface area (Å²) in [5.74, 6) is -0.354. The topological polar surface area (TPSA) is 33.0 Å². The van der Waals surface area contributed by atoms with E-state index in [-0.39, 0.29) is 5.82 Å². The first-order valence-electron chi connectivity index (χ1n) is 4.47. The maximum Gasteiger partial charge on any atom is 0.171 e. The molecule has 1 unspecified atom stereocenters. The summed E-state index contributed by atoms with van der Waals surface area (Å²) in [6.45, 7) is 3.84. The van der Waals surface area contributed by atoms with E-state index >= 15 is 0 Å². The molecule has 0 aliphatic heterocycles. The Labute approximate surface area is 82.9 Å². The molecule has 2 nitrogen and oxygen atoms in total. The number of nitrogens with zero attached hydrogens (tertiary/aromatic N) is 1. The van der Waals surface area contributed by atoms with E-state index in [1.807, 2.05) is 6.07 Å². The predicted molar refractivity (Wildman–Crippen MR) is 51.1 cm³/mol. The zero-order chi connectivity index (χ0) is 10.6. The SMILES string of the molecule is CCOC(C#N)c1cccc(C)c1F. The van der Waals surface area contributed by atoms with Crippen LogP contribution in [0.5, 0.6) is 0 Å². The Kier molecular flexibility index (Phi) is 3.61. The van der Waals surface area contributed by atoms with Gasteiger partial charge in [-0.05, 0) is 19.4 Å². The van der Waals surface area contributed by atoms with Crippen LogP contribution in [0.15, 0.2) is 18.2 Å². The van der Waals surface area contributed by atoms with E-state index in [0.29, 0.717) is 17.7 Å².